The van der Waals surface area contributed by atoms with E-state index in [2.05, 4.69) is 175 Å². The molecule has 0 atom stereocenters. The fraction of sp³-hybridized carbons (Fsp3) is 0. The number of rotatable bonds is 5. The highest BCUT2D eigenvalue weighted by Gasteiger charge is 2.23. The van der Waals surface area contributed by atoms with Crippen LogP contribution in [0.1, 0.15) is 0 Å². The molecular weight excluding hydrogens is 558 g/mol. The van der Waals surface area contributed by atoms with Crippen molar-refractivity contribution in [3.63, 3.8) is 0 Å². The van der Waals surface area contributed by atoms with Crippen LogP contribution in [0.2, 0.25) is 0 Å². The second kappa shape index (κ2) is 10.8. The van der Waals surface area contributed by atoms with Crippen LogP contribution in [0.25, 0.3) is 65.7 Å². The molecule has 0 saturated heterocycles. The number of benzene rings is 8. The summed E-state index contributed by atoms with van der Waals surface area (Å²) in [5, 5.41) is 7.08. The van der Waals surface area contributed by atoms with Crippen molar-refractivity contribution in [2.45, 2.75) is 0 Å². The van der Waals surface area contributed by atoms with E-state index in [4.69, 9.17) is 4.42 Å². The molecule has 9 aromatic rings. The second-order valence-corrected chi connectivity index (χ2v) is 11.7. The van der Waals surface area contributed by atoms with Crippen molar-refractivity contribution in [3.8, 4) is 22.3 Å². The van der Waals surface area contributed by atoms with Gasteiger partial charge in [-0.25, -0.2) is 0 Å². The number of anilines is 3. The quantitative estimate of drug-likeness (QED) is 0.199. The van der Waals surface area contributed by atoms with Crippen molar-refractivity contribution in [1.29, 1.82) is 0 Å². The average molecular weight is 588 g/mol. The zero-order valence-electron chi connectivity index (χ0n) is 25.1. The molecule has 2 heteroatoms. The normalized spacial score (nSPS) is 11.5. The van der Waals surface area contributed by atoms with Crippen LogP contribution in [-0.4, -0.2) is 0 Å². The summed E-state index contributed by atoms with van der Waals surface area (Å²) in [5.74, 6) is 0. The fourth-order valence-electron chi connectivity index (χ4n) is 6.84. The Hall–Kier alpha value is -6.12. The second-order valence-electron chi connectivity index (χ2n) is 11.7. The maximum Gasteiger partial charge on any atom is 0.159 e. The highest BCUT2D eigenvalue weighted by molar-refractivity contribution is 6.12. The van der Waals surface area contributed by atoms with E-state index in [-0.39, 0.29) is 0 Å². The van der Waals surface area contributed by atoms with Crippen LogP contribution in [0.5, 0.6) is 0 Å². The maximum atomic E-state index is 6.65. The van der Waals surface area contributed by atoms with Crippen molar-refractivity contribution >= 4 is 60.5 Å². The molecule has 216 valence electrons. The SMILES string of the molecule is c1ccc(-c2ccc(N(c3ccc4ccccc4c3-c3ccc4ccccc4c3)c3cccc4c3oc3ccccc34)cc2)cc1. The molecule has 0 saturated carbocycles. The van der Waals surface area contributed by atoms with E-state index in [0.717, 1.165) is 39.0 Å². The first-order chi connectivity index (χ1) is 22.8. The molecule has 0 fully saturated rings. The first-order valence-corrected chi connectivity index (χ1v) is 15.7. The molecule has 0 aliphatic rings. The summed E-state index contributed by atoms with van der Waals surface area (Å²) in [6.45, 7) is 0. The largest absolute Gasteiger partial charge is 0.454 e. The Morgan fingerprint density at radius 2 is 1.00 bits per heavy atom. The summed E-state index contributed by atoms with van der Waals surface area (Å²) in [4.78, 5) is 2.37. The van der Waals surface area contributed by atoms with Gasteiger partial charge < -0.3 is 9.32 Å². The number of hydrogen-bond acceptors (Lipinski definition) is 2. The van der Waals surface area contributed by atoms with Gasteiger partial charge in [0, 0.05) is 22.0 Å². The molecule has 8 aromatic carbocycles. The molecule has 0 N–H and O–H groups in total. The highest BCUT2D eigenvalue weighted by atomic mass is 16.3. The molecule has 0 bridgehead atoms. The molecule has 0 aliphatic heterocycles. The van der Waals surface area contributed by atoms with Gasteiger partial charge in [0.1, 0.15) is 5.58 Å². The van der Waals surface area contributed by atoms with Crippen molar-refractivity contribution in [2.24, 2.45) is 0 Å². The Bertz CT molecular complexity index is 2530. The molecular formula is C44H29NO. The standard InChI is InChI=1S/C44H29NO/c1-2-11-30(12-3-1)32-23-26-36(27-24-32)45(41-19-10-18-39-38-17-8-9-20-42(38)46-44(39)41)40-28-25-33-14-6-7-16-37(33)43(40)35-22-21-31-13-4-5-15-34(31)29-35/h1-29H. The molecule has 0 spiro atoms. The predicted molar refractivity (Wildman–Crippen MR) is 194 cm³/mol. The molecule has 2 nitrogen and oxygen atoms in total. The lowest BCUT2D eigenvalue weighted by atomic mass is 9.93. The first-order valence-electron chi connectivity index (χ1n) is 15.7. The third kappa shape index (κ3) is 4.35. The van der Waals surface area contributed by atoms with E-state index < -0.39 is 0 Å². The van der Waals surface area contributed by atoms with Crippen LogP contribution in [0, 0.1) is 0 Å². The molecule has 46 heavy (non-hydrogen) atoms. The number of furan rings is 1. The summed E-state index contributed by atoms with van der Waals surface area (Å²) in [7, 11) is 0. The van der Waals surface area contributed by atoms with Gasteiger partial charge in [-0.2, -0.15) is 0 Å². The van der Waals surface area contributed by atoms with E-state index in [1.54, 1.807) is 0 Å². The lowest BCUT2D eigenvalue weighted by molar-refractivity contribution is 0.669. The summed E-state index contributed by atoms with van der Waals surface area (Å²) in [6, 6.07) is 62.8. The molecule has 1 aromatic heterocycles. The topological polar surface area (TPSA) is 16.4 Å². The van der Waals surface area contributed by atoms with Crippen molar-refractivity contribution < 1.29 is 4.42 Å². The molecule has 0 amide bonds. The number of hydrogen-bond donors (Lipinski definition) is 0. The minimum absolute atomic E-state index is 0.869. The van der Waals surface area contributed by atoms with Gasteiger partial charge in [0.25, 0.3) is 0 Å². The van der Waals surface area contributed by atoms with Crippen LogP contribution in [0.3, 0.4) is 0 Å². The molecule has 9 rings (SSSR count). The fourth-order valence-corrected chi connectivity index (χ4v) is 6.84. The van der Waals surface area contributed by atoms with Gasteiger partial charge in [0.15, 0.2) is 5.58 Å². The minimum Gasteiger partial charge on any atom is -0.454 e. The van der Waals surface area contributed by atoms with Gasteiger partial charge in [0.05, 0.1) is 11.4 Å². The monoisotopic (exact) mass is 587 g/mol. The van der Waals surface area contributed by atoms with Crippen molar-refractivity contribution in [1.82, 2.24) is 0 Å². The lowest BCUT2D eigenvalue weighted by Gasteiger charge is -2.29. The van der Waals surface area contributed by atoms with Crippen LogP contribution in [-0.2, 0) is 0 Å². The van der Waals surface area contributed by atoms with Gasteiger partial charge in [-0.05, 0) is 74.6 Å². The lowest BCUT2D eigenvalue weighted by Crippen LogP contribution is -2.12. The van der Waals surface area contributed by atoms with Crippen LogP contribution < -0.4 is 4.90 Å². The summed E-state index contributed by atoms with van der Waals surface area (Å²) < 4.78 is 6.65. The molecule has 1 heterocycles. The average Bonchev–Trinajstić information content (AvgIpc) is 3.52. The minimum atomic E-state index is 0.869. The predicted octanol–water partition coefficient (Wildman–Crippen LogP) is 12.7. The summed E-state index contributed by atoms with van der Waals surface area (Å²) >= 11 is 0. The highest BCUT2D eigenvalue weighted by Crippen LogP contribution is 2.47. The van der Waals surface area contributed by atoms with Crippen LogP contribution in [0.15, 0.2) is 180 Å². The third-order valence-corrected chi connectivity index (χ3v) is 9.04. The van der Waals surface area contributed by atoms with E-state index in [1.165, 1.54) is 43.8 Å². The van der Waals surface area contributed by atoms with Gasteiger partial charge in [-0.1, -0.05) is 140 Å². The summed E-state index contributed by atoms with van der Waals surface area (Å²) in [5.41, 5.74) is 9.64. The molecule has 0 radical (unpaired) electrons. The summed E-state index contributed by atoms with van der Waals surface area (Å²) in [6.07, 6.45) is 0. The molecule has 0 unspecified atom stereocenters. The van der Waals surface area contributed by atoms with E-state index in [0.29, 0.717) is 0 Å². The van der Waals surface area contributed by atoms with Crippen LogP contribution in [0.4, 0.5) is 17.1 Å². The first kappa shape index (κ1) is 26.3. The van der Waals surface area contributed by atoms with E-state index in [9.17, 15) is 0 Å². The Kier molecular flexibility index (Phi) is 6.17. The van der Waals surface area contributed by atoms with Crippen LogP contribution >= 0.6 is 0 Å². The molecule has 0 aliphatic carbocycles. The third-order valence-electron chi connectivity index (χ3n) is 9.04. The Balaban J connectivity index is 1.34. The van der Waals surface area contributed by atoms with Crippen molar-refractivity contribution in [2.75, 3.05) is 4.90 Å². The van der Waals surface area contributed by atoms with Gasteiger partial charge in [-0.15, -0.1) is 0 Å². The number of fused-ring (bicyclic) bond motifs is 5. The van der Waals surface area contributed by atoms with Gasteiger partial charge >= 0.3 is 0 Å². The number of para-hydroxylation sites is 2. The zero-order valence-corrected chi connectivity index (χ0v) is 25.1. The Morgan fingerprint density at radius 1 is 0.370 bits per heavy atom. The maximum absolute atomic E-state index is 6.65. The van der Waals surface area contributed by atoms with Gasteiger partial charge in [-0.3, -0.25) is 0 Å². The van der Waals surface area contributed by atoms with Crippen molar-refractivity contribution in [3.05, 3.63) is 176 Å². The smallest absolute Gasteiger partial charge is 0.159 e. The Morgan fingerprint density at radius 3 is 1.85 bits per heavy atom. The number of nitrogens with zero attached hydrogens (tertiary/aromatic N) is 1. The van der Waals surface area contributed by atoms with E-state index >= 15 is 0 Å². The van der Waals surface area contributed by atoms with Gasteiger partial charge in [0.2, 0.25) is 0 Å². The van der Waals surface area contributed by atoms with E-state index in [1.807, 2.05) is 6.07 Å². The zero-order chi connectivity index (χ0) is 30.5. The Labute approximate surface area is 267 Å².